The quantitative estimate of drug-likeness (QED) is 0.813. The Bertz CT molecular complexity index is 363. The van der Waals surface area contributed by atoms with E-state index in [-0.39, 0.29) is 5.91 Å². The van der Waals surface area contributed by atoms with Gasteiger partial charge in [-0.05, 0) is 37.0 Å². The molecule has 4 nitrogen and oxygen atoms in total. The molecule has 0 saturated carbocycles. The van der Waals surface area contributed by atoms with Gasteiger partial charge in [0, 0.05) is 6.20 Å². The van der Waals surface area contributed by atoms with Gasteiger partial charge < -0.3 is 11.1 Å². The van der Waals surface area contributed by atoms with Crippen molar-refractivity contribution in [3.8, 4) is 0 Å². The van der Waals surface area contributed by atoms with Crippen LogP contribution in [-0.4, -0.2) is 16.9 Å². The third kappa shape index (κ3) is 3.98. The fourth-order valence-electron chi connectivity index (χ4n) is 1.44. The smallest absolute Gasteiger partial charge is 0.242 e. The van der Waals surface area contributed by atoms with E-state index in [1.54, 1.807) is 6.20 Å². The highest BCUT2D eigenvalue weighted by Crippen LogP contribution is 2.08. The summed E-state index contributed by atoms with van der Waals surface area (Å²) in [6.07, 6.45) is 2.34. The van der Waals surface area contributed by atoms with Crippen LogP contribution in [0.5, 0.6) is 0 Å². The van der Waals surface area contributed by atoms with Crippen LogP contribution in [0, 0.1) is 12.8 Å². The Kier molecular flexibility index (Phi) is 4.43. The third-order valence-electron chi connectivity index (χ3n) is 2.23. The van der Waals surface area contributed by atoms with Gasteiger partial charge >= 0.3 is 0 Å². The zero-order valence-electron chi connectivity index (χ0n) is 10.0. The van der Waals surface area contributed by atoms with Gasteiger partial charge in [0.15, 0.2) is 0 Å². The molecule has 16 heavy (non-hydrogen) atoms. The molecule has 0 aliphatic heterocycles. The summed E-state index contributed by atoms with van der Waals surface area (Å²) < 4.78 is 0. The SMILES string of the molecule is Cc1ccnc(NC(=O)[C@@H](N)CC(C)C)c1. The lowest BCUT2D eigenvalue weighted by Crippen LogP contribution is -2.36. The molecule has 0 aliphatic carbocycles. The lowest BCUT2D eigenvalue weighted by Gasteiger charge is -2.13. The van der Waals surface area contributed by atoms with E-state index in [4.69, 9.17) is 5.73 Å². The minimum absolute atomic E-state index is 0.174. The number of nitrogens with zero attached hydrogens (tertiary/aromatic N) is 1. The van der Waals surface area contributed by atoms with Crippen molar-refractivity contribution in [2.24, 2.45) is 11.7 Å². The lowest BCUT2D eigenvalue weighted by atomic mass is 10.0. The van der Waals surface area contributed by atoms with Crippen LogP contribution in [0.2, 0.25) is 0 Å². The molecule has 1 aromatic heterocycles. The molecule has 0 unspecified atom stereocenters. The summed E-state index contributed by atoms with van der Waals surface area (Å²) in [7, 11) is 0. The van der Waals surface area contributed by atoms with E-state index < -0.39 is 6.04 Å². The van der Waals surface area contributed by atoms with Gasteiger partial charge in [-0.15, -0.1) is 0 Å². The second-order valence-corrected chi connectivity index (χ2v) is 4.44. The highest BCUT2D eigenvalue weighted by atomic mass is 16.2. The number of pyridine rings is 1. The van der Waals surface area contributed by atoms with Crippen molar-refractivity contribution >= 4 is 11.7 Å². The molecule has 88 valence electrons. The van der Waals surface area contributed by atoms with Crippen molar-refractivity contribution < 1.29 is 4.79 Å². The van der Waals surface area contributed by atoms with Gasteiger partial charge in [0.25, 0.3) is 0 Å². The predicted octanol–water partition coefficient (Wildman–Crippen LogP) is 1.70. The Labute approximate surface area is 96.3 Å². The van der Waals surface area contributed by atoms with Gasteiger partial charge in [0.2, 0.25) is 5.91 Å². The number of amides is 1. The van der Waals surface area contributed by atoms with Gasteiger partial charge in [-0.1, -0.05) is 13.8 Å². The number of nitrogens with one attached hydrogen (secondary N) is 1. The molecule has 0 spiro atoms. The zero-order chi connectivity index (χ0) is 12.1. The summed E-state index contributed by atoms with van der Waals surface area (Å²) in [6.45, 7) is 6.03. The van der Waals surface area contributed by atoms with E-state index in [2.05, 4.69) is 10.3 Å². The van der Waals surface area contributed by atoms with Crippen LogP contribution in [0.25, 0.3) is 0 Å². The molecule has 0 radical (unpaired) electrons. The van der Waals surface area contributed by atoms with Crippen molar-refractivity contribution in [2.75, 3.05) is 5.32 Å². The van der Waals surface area contributed by atoms with E-state index >= 15 is 0 Å². The van der Waals surface area contributed by atoms with Crippen molar-refractivity contribution in [3.63, 3.8) is 0 Å². The van der Waals surface area contributed by atoms with Crippen LogP contribution in [-0.2, 0) is 4.79 Å². The Hall–Kier alpha value is -1.42. The molecule has 3 N–H and O–H groups in total. The number of carbonyl (C=O) groups is 1. The molecular weight excluding hydrogens is 202 g/mol. The largest absolute Gasteiger partial charge is 0.320 e. The Morgan fingerprint density at radius 3 is 2.81 bits per heavy atom. The summed E-state index contributed by atoms with van der Waals surface area (Å²) in [5.41, 5.74) is 6.82. The van der Waals surface area contributed by atoms with Gasteiger partial charge in [-0.3, -0.25) is 4.79 Å². The Morgan fingerprint density at radius 2 is 2.25 bits per heavy atom. The van der Waals surface area contributed by atoms with Crippen LogP contribution in [0.15, 0.2) is 18.3 Å². The minimum Gasteiger partial charge on any atom is -0.320 e. The number of aryl methyl sites for hydroxylation is 1. The first-order valence-corrected chi connectivity index (χ1v) is 5.48. The van der Waals surface area contributed by atoms with Gasteiger partial charge in [-0.25, -0.2) is 4.98 Å². The maximum absolute atomic E-state index is 11.7. The Balaban J connectivity index is 2.57. The molecule has 1 heterocycles. The zero-order valence-corrected chi connectivity index (χ0v) is 10.0. The van der Waals surface area contributed by atoms with Crippen LogP contribution in [0.4, 0.5) is 5.82 Å². The van der Waals surface area contributed by atoms with E-state index in [1.807, 2.05) is 32.9 Å². The number of aromatic nitrogens is 1. The van der Waals surface area contributed by atoms with Crippen LogP contribution < -0.4 is 11.1 Å². The van der Waals surface area contributed by atoms with Crippen LogP contribution >= 0.6 is 0 Å². The van der Waals surface area contributed by atoms with Crippen LogP contribution in [0.3, 0.4) is 0 Å². The summed E-state index contributed by atoms with van der Waals surface area (Å²) >= 11 is 0. The van der Waals surface area contributed by atoms with E-state index in [1.165, 1.54) is 0 Å². The molecule has 0 aliphatic rings. The Morgan fingerprint density at radius 1 is 1.56 bits per heavy atom. The van der Waals surface area contributed by atoms with E-state index in [0.29, 0.717) is 18.2 Å². The number of rotatable bonds is 4. The molecule has 0 fully saturated rings. The fraction of sp³-hybridized carbons (Fsp3) is 0.500. The molecule has 4 heteroatoms. The summed E-state index contributed by atoms with van der Waals surface area (Å²) in [4.78, 5) is 15.7. The first kappa shape index (κ1) is 12.6. The summed E-state index contributed by atoms with van der Waals surface area (Å²) in [5.74, 6) is 0.794. The van der Waals surface area contributed by atoms with Gasteiger partial charge in [0.1, 0.15) is 5.82 Å². The molecule has 1 rings (SSSR count). The summed E-state index contributed by atoms with van der Waals surface area (Å²) in [6, 6.07) is 3.23. The number of hydrogen-bond acceptors (Lipinski definition) is 3. The van der Waals surface area contributed by atoms with Crippen LogP contribution in [0.1, 0.15) is 25.8 Å². The second kappa shape index (κ2) is 5.61. The maximum Gasteiger partial charge on any atom is 0.242 e. The fourth-order valence-corrected chi connectivity index (χ4v) is 1.44. The molecule has 1 aromatic rings. The molecule has 0 bridgehead atoms. The van der Waals surface area contributed by atoms with Crippen molar-refractivity contribution in [2.45, 2.75) is 33.2 Å². The van der Waals surface area contributed by atoms with Crippen molar-refractivity contribution in [1.29, 1.82) is 0 Å². The molecule has 1 amide bonds. The van der Waals surface area contributed by atoms with E-state index in [0.717, 1.165) is 5.56 Å². The monoisotopic (exact) mass is 221 g/mol. The van der Waals surface area contributed by atoms with Gasteiger partial charge in [-0.2, -0.15) is 0 Å². The first-order valence-electron chi connectivity index (χ1n) is 5.48. The average molecular weight is 221 g/mol. The average Bonchev–Trinajstić information content (AvgIpc) is 2.16. The topological polar surface area (TPSA) is 68.0 Å². The molecule has 0 saturated heterocycles. The number of nitrogens with two attached hydrogens (primary N) is 1. The first-order chi connectivity index (χ1) is 7.49. The maximum atomic E-state index is 11.7. The number of hydrogen-bond donors (Lipinski definition) is 2. The standard InChI is InChI=1S/C12H19N3O/c1-8(2)6-10(13)12(16)15-11-7-9(3)4-5-14-11/h4-5,7-8,10H,6,13H2,1-3H3,(H,14,15,16)/t10-/m0/s1. The highest BCUT2D eigenvalue weighted by molar-refractivity contribution is 5.93. The second-order valence-electron chi connectivity index (χ2n) is 4.44. The molecular formula is C12H19N3O. The normalized spacial score (nSPS) is 12.6. The molecule has 1 atom stereocenters. The molecule has 0 aromatic carbocycles. The highest BCUT2D eigenvalue weighted by Gasteiger charge is 2.15. The minimum atomic E-state index is -0.470. The number of anilines is 1. The predicted molar refractivity (Wildman–Crippen MR) is 65.0 cm³/mol. The number of carbonyl (C=O) groups excluding carboxylic acids is 1. The van der Waals surface area contributed by atoms with Crippen molar-refractivity contribution in [3.05, 3.63) is 23.9 Å². The van der Waals surface area contributed by atoms with E-state index in [9.17, 15) is 4.79 Å². The summed E-state index contributed by atoms with van der Waals surface area (Å²) in [5, 5.41) is 2.71. The van der Waals surface area contributed by atoms with Gasteiger partial charge in [0.05, 0.1) is 6.04 Å². The third-order valence-corrected chi connectivity index (χ3v) is 2.23. The lowest BCUT2D eigenvalue weighted by molar-refractivity contribution is -0.117. The van der Waals surface area contributed by atoms with Crippen molar-refractivity contribution in [1.82, 2.24) is 4.98 Å².